The number of para-hydroxylation sites is 2. The van der Waals surface area contributed by atoms with Crippen LogP contribution >= 0.6 is 61.3 Å². The zero-order valence-corrected chi connectivity index (χ0v) is 55.6. The number of alkyl halides is 6. The minimum atomic E-state index is -5.93. The lowest BCUT2D eigenvalue weighted by molar-refractivity contribution is -0.0504. The van der Waals surface area contributed by atoms with Crippen LogP contribution in [0.4, 0.5) is 43.4 Å². The maximum atomic E-state index is 13.5. The summed E-state index contributed by atoms with van der Waals surface area (Å²) in [6, 6.07) is 86.2. The molecule has 0 aliphatic carbocycles. The van der Waals surface area contributed by atoms with Crippen molar-refractivity contribution in [2.45, 2.75) is 17.4 Å². The number of halogens is 7. The number of benzene rings is 12. The van der Waals surface area contributed by atoms with Gasteiger partial charge >= 0.3 is 31.3 Å². The molecule has 4 aromatic heterocycles. The van der Waals surface area contributed by atoms with Crippen LogP contribution in [-0.2, 0) is 26.7 Å². The van der Waals surface area contributed by atoms with Gasteiger partial charge in [-0.2, -0.15) is 43.2 Å². The molecule has 0 unspecified atom stereocenters. The maximum absolute atomic E-state index is 13.5. The van der Waals surface area contributed by atoms with Gasteiger partial charge < -0.3 is 13.3 Å². The molecule has 0 fully saturated rings. The van der Waals surface area contributed by atoms with Gasteiger partial charge in [0, 0.05) is 97.9 Å². The first kappa shape index (κ1) is 63.3. The van der Waals surface area contributed by atoms with E-state index in [0.717, 1.165) is 80.4 Å². The fourth-order valence-corrected chi connectivity index (χ4v) is 17.4. The molecule has 0 radical (unpaired) electrons. The van der Waals surface area contributed by atoms with Crippen LogP contribution in [0.5, 0.6) is 11.5 Å². The lowest BCUT2D eigenvalue weighted by atomic mass is 10.0. The molecule has 0 bridgehead atoms. The summed E-state index contributed by atoms with van der Waals surface area (Å²) in [6.45, 7) is 0. The number of thiophene rings is 4. The van der Waals surface area contributed by atoms with Gasteiger partial charge in [0.25, 0.3) is 0 Å². The fourth-order valence-electron chi connectivity index (χ4n) is 11.4. The second-order valence-corrected chi connectivity index (χ2v) is 30.2. The monoisotopic (exact) mass is 1440 g/mol. The Morgan fingerprint density at radius 3 is 1.07 bits per heavy atom. The van der Waals surface area contributed by atoms with Crippen LogP contribution in [-0.4, -0.2) is 27.9 Å². The Balaban J connectivity index is 0.000000141. The van der Waals surface area contributed by atoms with Crippen LogP contribution in [0.3, 0.4) is 0 Å². The molecular formula is C75H46BrF6NO6S6. The summed E-state index contributed by atoms with van der Waals surface area (Å²) in [5.74, 6) is -0.837. The Labute approximate surface area is 564 Å². The van der Waals surface area contributed by atoms with Crippen LogP contribution in [0, 0.1) is 0 Å². The minimum Gasteiger partial charge on any atom is -0.376 e. The van der Waals surface area contributed by atoms with Crippen molar-refractivity contribution in [2.24, 2.45) is 0 Å². The summed E-state index contributed by atoms with van der Waals surface area (Å²) in [6.07, 6.45) is 1.03. The van der Waals surface area contributed by atoms with Crippen molar-refractivity contribution in [3.63, 3.8) is 0 Å². The highest BCUT2D eigenvalue weighted by molar-refractivity contribution is 9.10. The summed E-state index contributed by atoms with van der Waals surface area (Å²) in [4.78, 5) is 1.89. The van der Waals surface area contributed by atoms with E-state index in [1.54, 1.807) is 22.7 Å². The summed E-state index contributed by atoms with van der Waals surface area (Å²) in [5, 5.41) is 7.43. The molecule has 20 heteroatoms. The molecule has 0 saturated heterocycles. The van der Waals surface area contributed by atoms with Crippen molar-refractivity contribution in [3.05, 3.63) is 283 Å². The lowest BCUT2D eigenvalue weighted by Crippen LogP contribution is -2.28. The van der Waals surface area contributed by atoms with E-state index in [9.17, 15) is 43.2 Å². The molecule has 7 nitrogen and oxygen atoms in total. The van der Waals surface area contributed by atoms with Crippen LogP contribution in [0.2, 0.25) is 0 Å². The molecule has 472 valence electrons. The number of hydrogen-bond acceptors (Lipinski definition) is 11. The van der Waals surface area contributed by atoms with E-state index in [4.69, 9.17) is 4.18 Å². The first-order valence-electron chi connectivity index (χ1n) is 29.2. The molecule has 12 aromatic carbocycles. The van der Waals surface area contributed by atoms with E-state index in [0.29, 0.717) is 20.9 Å². The van der Waals surface area contributed by atoms with Crippen molar-refractivity contribution in [1.82, 2.24) is 0 Å². The first-order chi connectivity index (χ1) is 45.7. The van der Waals surface area contributed by atoms with E-state index in [-0.39, 0.29) is 0 Å². The molecule has 0 aliphatic heterocycles. The van der Waals surface area contributed by atoms with Crippen LogP contribution in [0.25, 0.3) is 103 Å². The zero-order valence-electron chi connectivity index (χ0n) is 49.1. The molecule has 0 N–H and O–H groups in total. The van der Waals surface area contributed by atoms with Crippen LogP contribution in [0.15, 0.2) is 271 Å². The summed E-state index contributed by atoms with van der Waals surface area (Å²) in [7, 11) is -11.7. The van der Waals surface area contributed by atoms with E-state index < -0.39 is 42.8 Å². The quantitative estimate of drug-likeness (QED) is 0.0724. The highest BCUT2D eigenvalue weighted by Gasteiger charge is 2.49. The predicted molar refractivity (Wildman–Crippen MR) is 385 cm³/mol. The van der Waals surface area contributed by atoms with Gasteiger partial charge in [0.15, 0.2) is 0 Å². The van der Waals surface area contributed by atoms with E-state index >= 15 is 0 Å². The molecule has 16 aromatic rings. The number of nitrogens with zero attached hydrogens (tertiary/aromatic N) is 1. The summed E-state index contributed by atoms with van der Waals surface area (Å²) in [5.41, 5.74) is -2.53. The van der Waals surface area contributed by atoms with Crippen molar-refractivity contribution in [2.75, 3.05) is 4.90 Å². The highest BCUT2D eigenvalue weighted by atomic mass is 79.9. The third kappa shape index (κ3) is 12.9. The Hall–Kier alpha value is -9.12. The normalized spacial score (nSPS) is 12.2. The van der Waals surface area contributed by atoms with Crippen molar-refractivity contribution < 1.29 is 51.5 Å². The van der Waals surface area contributed by atoms with Gasteiger partial charge in [0.05, 0.1) is 10.4 Å². The van der Waals surface area contributed by atoms with Gasteiger partial charge in [-0.3, -0.25) is 0 Å². The Morgan fingerprint density at radius 1 is 0.337 bits per heavy atom. The molecule has 0 amide bonds. The Bertz CT molecular complexity index is 5730. The van der Waals surface area contributed by atoms with Gasteiger partial charge in [-0.05, 0) is 159 Å². The highest BCUT2D eigenvalue weighted by Crippen LogP contribution is 2.49. The minimum absolute atomic E-state index is 0.405. The van der Waals surface area contributed by atoms with Crippen molar-refractivity contribution >= 4 is 179 Å². The zero-order chi connectivity index (χ0) is 65.8. The largest absolute Gasteiger partial charge is 0.534 e. The second kappa shape index (κ2) is 25.6. The molecule has 0 spiro atoms. The number of rotatable bonds is 11. The molecule has 0 atom stereocenters. The smallest absolute Gasteiger partial charge is 0.376 e. The van der Waals surface area contributed by atoms with E-state index in [1.807, 2.05) is 132 Å². The van der Waals surface area contributed by atoms with E-state index in [2.05, 4.69) is 135 Å². The molecule has 0 aliphatic rings. The molecule has 95 heavy (non-hydrogen) atoms. The second-order valence-electron chi connectivity index (χ2n) is 22.0. The third-order valence-corrected chi connectivity index (χ3v) is 23.4. The van der Waals surface area contributed by atoms with Gasteiger partial charge in [0.2, 0.25) is 0 Å². The van der Waals surface area contributed by atoms with Gasteiger partial charge in [0.1, 0.15) is 11.5 Å². The van der Waals surface area contributed by atoms with Gasteiger partial charge in [-0.1, -0.05) is 158 Å². The molecule has 0 saturated carbocycles. The standard InChI is InChI=1S/C37H22F3NO3S3.C25H12BrF3O3S3.C13H12/c38-37(39,40)47(42,43)44-27-21-31-30-20-24(23-15-17-34-29(19-23)28-13-7-8-14-33(28)45-34)16-18-35(30)46-36(31)32(22-27)41(25-9-3-1-4-10-25)26-11-5-2-6-12-26;26-20-12-15(32-35(30,31)25(27,28)29)11-19-18-10-14(6-8-23(18)34-24(19)20)13-5-7-22-17(9-13)16-3-1-2-4-21(16)33-22;1-3-7-12(8-4-1)11-13-9-5-2-6-10-13/h1-22H;1-12H;1-10H,11H2. The third-order valence-electron chi connectivity index (χ3n) is 15.8. The summed E-state index contributed by atoms with van der Waals surface area (Å²) < 4.78 is 144. The number of fused-ring (bicyclic) bond motifs is 12. The first-order valence-corrected chi connectivity index (χ1v) is 36.1. The van der Waals surface area contributed by atoms with Crippen LogP contribution < -0.4 is 13.3 Å². The average molecular weight is 1440 g/mol. The van der Waals surface area contributed by atoms with Gasteiger partial charge in [-0.25, -0.2) is 0 Å². The lowest BCUT2D eigenvalue weighted by Gasteiger charge is -2.26. The van der Waals surface area contributed by atoms with Gasteiger partial charge in [-0.15, -0.1) is 45.3 Å². The topological polar surface area (TPSA) is 90.0 Å². The van der Waals surface area contributed by atoms with Crippen molar-refractivity contribution in [3.8, 4) is 33.8 Å². The van der Waals surface area contributed by atoms with Crippen LogP contribution in [0.1, 0.15) is 11.1 Å². The Kier molecular flexibility index (Phi) is 17.0. The summed E-state index contributed by atoms with van der Waals surface area (Å²) >= 11 is 9.75. The number of anilines is 3. The fraction of sp³-hybridized carbons (Fsp3) is 0.0400. The van der Waals surface area contributed by atoms with E-state index in [1.165, 1.54) is 87.6 Å². The molecule has 4 heterocycles. The molecular weight excluding hydrogens is 1400 g/mol. The average Bonchev–Trinajstić information content (AvgIpc) is 1.65. The van der Waals surface area contributed by atoms with Crippen molar-refractivity contribution in [1.29, 1.82) is 0 Å². The predicted octanol–water partition coefficient (Wildman–Crippen LogP) is 24.1. The maximum Gasteiger partial charge on any atom is 0.534 e. The SMILES string of the molecule is O=S(=O)(Oc1cc(Br)c2sc3ccc(-c4ccc5sc6ccccc6c5c4)cc3c2c1)C(F)(F)F.O=S(=O)(Oc1cc(N(c2ccccc2)c2ccccc2)c2sc3ccc(-c4ccc5sc6ccccc6c5c4)cc3c2c1)C(F)(F)F.c1ccc(Cc2ccccc2)cc1. The Morgan fingerprint density at radius 2 is 0.663 bits per heavy atom. The molecule has 16 rings (SSSR count). The number of hydrogen-bond donors (Lipinski definition) is 0.